The van der Waals surface area contributed by atoms with Crippen LogP contribution < -0.4 is 5.32 Å². The molecule has 2 aromatic rings. The summed E-state index contributed by atoms with van der Waals surface area (Å²) in [5.41, 5.74) is 0.838. The summed E-state index contributed by atoms with van der Waals surface area (Å²) < 4.78 is 5.17. The molecule has 0 aliphatic rings. The van der Waals surface area contributed by atoms with Crippen LogP contribution in [0.1, 0.15) is 64.4 Å². The Hall–Kier alpha value is -1.76. The summed E-state index contributed by atoms with van der Waals surface area (Å²) in [6, 6.07) is 0. The van der Waals surface area contributed by atoms with Crippen molar-refractivity contribution in [3.05, 3.63) is 22.8 Å². The van der Waals surface area contributed by atoms with Gasteiger partial charge in [0.1, 0.15) is 0 Å². The van der Waals surface area contributed by atoms with Crippen LogP contribution in [0, 0.1) is 0 Å². The standard InChI is InChI=1S/C15H22N4O2S/c1-9(2)10-8-22-14(16-10)17-11(20)6-7-12-18-13(19-21-12)15(3,4)5/h8-9H,6-7H2,1-5H3,(H,16,17,20). The van der Waals surface area contributed by atoms with Gasteiger partial charge in [-0.1, -0.05) is 39.8 Å². The molecule has 0 atom stereocenters. The fourth-order valence-electron chi connectivity index (χ4n) is 1.67. The molecule has 0 aromatic carbocycles. The van der Waals surface area contributed by atoms with Crippen molar-refractivity contribution < 1.29 is 9.32 Å². The third-order valence-electron chi connectivity index (χ3n) is 3.06. The van der Waals surface area contributed by atoms with Crippen molar-refractivity contribution in [1.29, 1.82) is 0 Å². The maximum absolute atomic E-state index is 11.9. The first-order valence-corrected chi connectivity index (χ1v) is 8.22. The van der Waals surface area contributed by atoms with E-state index in [9.17, 15) is 4.79 Å². The average Bonchev–Trinajstić information content (AvgIpc) is 3.04. The van der Waals surface area contributed by atoms with E-state index < -0.39 is 0 Å². The Kier molecular flexibility index (Phi) is 4.95. The second kappa shape index (κ2) is 6.56. The van der Waals surface area contributed by atoms with E-state index in [1.54, 1.807) is 0 Å². The third kappa shape index (κ3) is 4.37. The summed E-state index contributed by atoms with van der Waals surface area (Å²) >= 11 is 1.44. The number of hydrogen-bond acceptors (Lipinski definition) is 6. The van der Waals surface area contributed by atoms with E-state index in [1.165, 1.54) is 11.3 Å². The topological polar surface area (TPSA) is 80.9 Å². The van der Waals surface area contributed by atoms with E-state index in [0.717, 1.165) is 5.69 Å². The Bertz CT molecular complexity index is 640. The van der Waals surface area contributed by atoms with Crippen molar-refractivity contribution in [2.45, 2.75) is 58.8 Å². The Morgan fingerprint density at radius 1 is 1.36 bits per heavy atom. The maximum Gasteiger partial charge on any atom is 0.227 e. The van der Waals surface area contributed by atoms with Gasteiger partial charge in [0, 0.05) is 23.6 Å². The summed E-state index contributed by atoms with van der Waals surface area (Å²) in [5, 5.41) is 9.35. The van der Waals surface area contributed by atoms with Gasteiger partial charge >= 0.3 is 0 Å². The normalized spacial score (nSPS) is 11.9. The highest BCUT2D eigenvalue weighted by atomic mass is 32.1. The number of carbonyl (C=O) groups is 1. The molecule has 0 fully saturated rings. The Morgan fingerprint density at radius 3 is 2.64 bits per heavy atom. The molecule has 6 nitrogen and oxygen atoms in total. The van der Waals surface area contributed by atoms with Crippen LogP contribution in [0.3, 0.4) is 0 Å². The molecule has 0 radical (unpaired) electrons. The van der Waals surface area contributed by atoms with Crippen molar-refractivity contribution >= 4 is 22.4 Å². The number of anilines is 1. The second-order valence-corrected chi connectivity index (χ2v) is 7.40. The molecule has 0 spiro atoms. The highest BCUT2D eigenvalue weighted by Crippen LogP contribution is 2.22. The van der Waals surface area contributed by atoms with Gasteiger partial charge in [0.15, 0.2) is 11.0 Å². The highest BCUT2D eigenvalue weighted by Gasteiger charge is 2.21. The number of hydrogen-bond donors (Lipinski definition) is 1. The first kappa shape index (κ1) is 16.6. The lowest BCUT2D eigenvalue weighted by molar-refractivity contribution is -0.116. The first-order chi connectivity index (χ1) is 10.3. The fourth-order valence-corrected chi connectivity index (χ4v) is 2.56. The fraction of sp³-hybridized carbons (Fsp3) is 0.600. The van der Waals surface area contributed by atoms with Gasteiger partial charge in [0.25, 0.3) is 0 Å². The molecular weight excluding hydrogens is 300 g/mol. The van der Waals surface area contributed by atoms with E-state index in [4.69, 9.17) is 4.52 Å². The van der Waals surface area contributed by atoms with Gasteiger partial charge in [-0.15, -0.1) is 11.3 Å². The summed E-state index contributed by atoms with van der Waals surface area (Å²) in [5.74, 6) is 1.41. The zero-order valence-corrected chi connectivity index (χ0v) is 14.5. The number of thiazole rings is 1. The second-order valence-electron chi connectivity index (χ2n) is 6.54. The van der Waals surface area contributed by atoms with Crippen LogP contribution in [0.5, 0.6) is 0 Å². The van der Waals surface area contributed by atoms with Crippen molar-refractivity contribution in [2.75, 3.05) is 5.32 Å². The summed E-state index contributed by atoms with van der Waals surface area (Å²) in [4.78, 5) is 20.6. The summed E-state index contributed by atoms with van der Waals surface area (Å²) in [6.45, 7) is 10.2. The van der Waals surface area contributed by atoms with Gasteiger partial charge in [-0.05, 0) is 5.92 Å². The zero-order chi connectivity index (χ0) is 16.3. The molecule has 0 unspecified atom stereocenters. The van der Waals surface area contributed by atoms with Crippen LogP contribution >= 0.6 is 11.3 Å². The molecule has 0 saturated heterocycles. The number of rotatable bonds is 5. The van der Waals surface area contributed by atoms with E-state index in [2.05, 4.69) is 34.3 Å². The van der Waals surface area contributed by atoms with Crippen molar-refractivity contribution in [1.82, 2.24) is 15.1 Å². The molecule has 1 amide bonds. The lowest BCUT2D eigenvalue weighted by atomic mass is 9.96. The molecule has 0 bridgehead atoms. The number of amides is 1. The Balaban J connectivity index is 1.86. The van der Waals surface area contributed by atoms with E-state index >= 15 is 0 Å². The van der Waals surface area contributed by atoms with Gasteiger partial charge in [-0.3, -0.25) is 4.79 Å². The molecule has 2 heterocycles. The van der Waals surface area contributed by atoms with Crippen molar-refractivity contribution in [3.8, 4) is 0 Å². The molecule has 2 rings (SSSR count). The predicted molar refractivity (Wildman–Crippen MR) is 86.2 cm³/mol. The Morgan fingerprint density at radius 2 is 2.09 bits per heavy atom. The smallest absolute Gasteiger partial charge is 0.227 e. The van der Waals surface area contributed by atoms with Gasteiger partial charge < -0.3 is 9.84 Å². The van der Waals surface area contributed by atoms with Crippen molar-refractivity contribution in [3.63, 3.8) is 0 Å². The van der Waals surface area contributed by atoms with Gasteiger partial charge in [-0.25, -0.2) is 4.98 Å². The number of aromatic nitrogens is 3. The largest absolute Gasteiger partial charge is 0.339 e. The van der Waals surface area contributed by atoms with E-state index in [-0.39, 0.29) is 11.3 Å². The number of carbonyl (C=O) groups excluding carboxylic acids is 1. The van der Waals surface area contributed by atoms with Crippen LogP contribution in [0.4, 0.5) is 5.13 Å². The molecule has 2 aromatic heterocycles. The number of nitrogens with one attached hydrogen (secondary N) is 1. The number of aryl methyl sites for hydroxylation is 1. The van der Waals surface area contributed by atoms with Crippen LogP contribution in [0.15, 0.2) is 9.90 Å². The lowest BCUT2D eigenvalue weighted by Gasteiger charge is -2.10. The summed E-state index contributed by atoms with van der Waals surface area (Å²) in [6.07, 6.45) is 0.722. The minimum Gasteiger partial charge on any atom is -0.339 e. The zero-order valence-electron chi connectivity index (χ0n) is 13.6. The first-order valence-electron chi connectivity index (χ1n) is 7.34. The third-order valence-corrected chi connectivity index (χ3v) is 3.84. The molecule has 1 N–H and O–H groups in total. The van der Waals surface area contributed by atoms with Gasteiger partial charge in [0.2, 0.25) is 11.8 Å². The van der Waals surface area contributed by atoms with E-state index in [0.29, 0.717) is 35.6 Å². The molecule has 0 aliphatic carbocycles. The van der Waals surface area contributed by atoms with Crippen molar-refractivity contribution in [2.24, 2.45) is 0 Å². The monoisotopic (exact) mass is 322 g/mol. The number of nitrogens with zero attached hydrogens (tertiary/aromatic N) is 3. The minimum atomic E-state index is -0.155. The predicted octanol–water partition coefficient (Wildman–Crippen LogP) is 3.52. The Labute approximate surface area is 134 Å². The molecular formula is C15H22N4O2S. The average molecular weight is 322 g/mol. The van der Waals surface area contributed by atoms with E-state index in [1.807, 2.05) is 26.2 Å². The highest BCUT2D eigenvalue weighted by molar-refractivity contribution is 7.13. The van der Waals surface area contributed by atoms with Crippen LogP contribution in [0.25, 0.3) is 0 Å². The molecule has 7 heteroatoms. The van der Waals surface area contributed by atoms with Gasteiger partial charge in [-0.2, -0.15) is 4.98 Å². The molecule has 120 valence electrons. The van der Waals surface area contributed by atoms with Crippen LogP contribution in [0.2, 0.25) is 0 Å². The molecule has 22 heavy (non-hydrogen) atoms. The summed E-state index contributed by atoms with van der Waals surface area (Å²) in [7, 11) is 0. The minimum absolute atomic E-state index is 0.0971. The maximum atomic E-state index is 11.9. The van der Waals surface area contributed by atoms with Crippen LogP contribution in [-0.4, -0.2) is 21.0 Å². The quantitative estimate of drug-likeness (QED) is 0.911. The molecule has 0 aliphatic heterocycles. The SMILES string of the molecule is CC(C)c1csc(NC(=O)CCc2nc(C(C)(C)C)no2)n1. The molecule has 0 saturated carbocycles. The lowest BCUT2D eigenvalue weighted by Crippen LogP contribution is -2.14. The van der Waals surface area contributed by atoms with Crippen LogP contribution in [-0.2, 0) is 16.6 Å². The van der Waals surface area contributed by atoms with Gasteiger partial charge in [0.05, 0.1) is 5.69 Å².